The number of carbonyl (C=O) groups is 1. The number of rotatable bonds is 5. The predicted octanol–water partition coefficient (Wildman–Crippen LogP) is 4.42. The molecule has 5 heterocycles. The fourth-order valence-electron chi connectivity index (χ4n) is 5.08. The number of likely N-dealkylation sites (tertiary alicyclic amines) is 1. The Kier molecular flexibility index (Phi) is 6.57. The molecule has 2 N–H and O–H groups in total. The maximum Gasteiger partial charge on any atom is 0.270 e. The average Bonchev–Trinajstić information content (AvgIpc) is 3.37. The summed E-state index contributed by atoms with van der Waals surface area (Å²) in [7, 11) is 0. The lowest BCUT2D eigenvalue weighted by Gasteiger charge is -2.40. The van der Waals surface area contributed by atoms with E-state index in [1.54, 1.807) is 12.4 Å². The predicted molar refractivity (Wildman–Crippen MR) is 145 cm³/mol. The maximum atomic E-state index is 13.2. The monoisotopic (exact) mass is 499 g/mol. The minimum absolute atomic E-state index is 0.0831. The molecule has 1 aromatic carbocycles. The smallest absolute Gasteiger partial charge is 0.270 e. The Morgan fingerprint density at radius 1 is 0.944 bits per heavy atom. The van der Waals surface area contributed by atoms with Crippen molar-refractivity contribution in [3.05, 3.63) is 66.6 Å². The fraction of sp³-hybridized carbons (Fsp3) is 0.333. The van der Waals surface area contributed by atoms with Gasteiger partial charge in [-0.05, 0) is 55.3 Å². The highest BCUT2D eigenvalue weighted by atomic mass is 32.2. The number of benzene rings is 1. The number of carbonyl (C=O) groups excluding carboxylic acids is 1. The molecule has 0 radical (unpaired) electrons. The zero-order chi connectivity index (χ0) is 24.3. The van der Waals surface area contributed by atoms with Crippen LogP contribution in [0, 0.1) is 0 Å². The van der Waals surface area contributed by atoms with Gasteiger partial charge < -0.3 is 15.2 Å². The first-order valence-corrected chi connectivity index (χ1v) is 13.6. The van der Waals surface area contributed by atoms with Crippen LogP contribution in [0.3, 0.4) is 0 Å². The lowest BCUT2D eigenvalue weighted by atomic mass is 10.0. The van der Waals surface area contributed by atoms with Gasteiger partial charge in [-0.1, -0.05) is 6.07 Å². The van der Waals surface area contributed by atoms with Gasteiger partial charge in [0, 0.05) is 72.7 Å². The van der Waals surface area contributed by atoms with E-state index < -0.39 is 0 Å². The molecule has 184 valence electrons. The van der Waals surface area contributed by atoms with Gasteiger partial charge in [-0.3, -0.25) is 14.7 Å². The van der Waals surface area contributed by atoms with Gasteiger partial charge in [0.15, 0.2) is 0 Å². The Morgan fingerprint density at radius 2 is 1.81 bits per heavy atom. The number of hydrogen-bond acceptors (Lipinski definition) is 7. The third-order valence-electron chi connectivity index (χ3n) is 7.00. The summed E-state index contributed by atoms with van der Waals surface area (Å²) in [5, 5.41) is 4.26. The lowest BCUT2D eigenvalue weighted by Crippen LogP contribution is -2.49. The van der Waals surface area contributed by atoms with Crippen molar-refractivity contribution in [1.82, 2.24) is 29.7 Å². The standard InChI is InChI=1S/C27H29N7OS/c35-26(34-11-7-21(8-12-34)33-13-15-36-16-14-33)25-18-19-17-20(4-5-22(19)31-25)30-27-29-10-6-24(32-27)23-3-1-2-9-28-23/h1-6,9-10,17-18,21,31H,7-8,11-16H2,(H,29,30,32). The van der Waals surface area contributed by atoms with Crippen LogP contribution in [0.1, 0.15) is 23.3 Å². The van der Waals surface area contributed by atoms with Gasteiger partial charge in [-0.15, -0.1) is 0 Å². The molecule has 0 unspecified atom stereocenters. The number of fused-ring (bicyclic) bond motifs is 1. The molecule has 2 saturated heterocycles. The number of anilines is 2. The summed E-state index contributed by atoms with van der Waals surface area (Å²) in [5.74, 6) is 3.04. The minimum Gasteiger partial charge on any atom is -0.351 e. The molecular formula is C27H29N7OS. The summed E-state index contributed by atoms with van der Waals surface area (Å²) in [4.78, 5) is 34.5. The highest BCUT2D eigenvalue weighted by Crippen LogP contribution is 2.25. The molecule has 3 aromatic heterocycles. The first kappa shape index (κ1) is 23.0. The Hall–Kier alpha value is -3.43. The highest BCUT2D eigenvalue weighted by Gasteiger charge is 2.28. The van der Waals surface area contributed by atoms with Crippen molar-refractivity contribution in [2.75, 3.05) is 43.0 Å². The molecule has 1 amide bonds. The second-order valence-corrected chi connectivity index (χ2v) is 10.5. The summed E-state index contributed by atoms with van der Waals surface area (Å²) >= 11 is 2.04. The van der Waals surface area contributed by atoms with Crippen LogP contribution >= 0.6 is 11.8 Å². The first-order valence-electron chi connectivity index (χ1n) is 12.5. The van der Waals surface area contributed by atoms with Crippen molar-refractivity contribution in [3.8, 4) is 11.4 Å². The van der Waals surface area contributed by atoms with E-state index in [0.717, 1.165) is 53.9 Å². The van der Waals surface area contributed by atoms with Crippen molar-refractivity contribution in [2.24, 2.45) is 0 Å². The summed E-state index contributed by atoms with van der Waals surface area (Å²) in [6, 6.07) is 16.1. The Morgan fingerprint density at radius 3 is 2.61 bits per heavy atom. The minimum atomic E-state index is 0.0831. The molecule has 9 heteroatoms. The fourth-order valence-corrected chi connectivity index (χ4v) is 6.01. The molecular weight excluding hydrogens is 470 g/mol. The van der Waals surface area contributed by atoms with Crippen LogP contribution in [-0.4, -0.2) is 79.4 Å². The summed E-state index contributed by atoms with van der Waals surface area (Å²) in [6.45, 7) is 4.00. The van der Waals surface area contributed by atoms with E-state index in [1.807, 2.05) is 65.2 Å². The van der Waals surface area contributed by atoms with Crippen LogP contribution in [0.25, 0.3) is 22.3 Å². The zero-order valence-corrected chi connectivity index (χ0v) is 20.9. The van der Waals surface area contributed by atoms with Gasteiger partial charge in [-0.2, -0.15) is 11.8 Å². The molecule has 0 spiro atoms. The van der Waals surface area contributed by atoms with Crippen LogP contribution in [-0.2, 0) is 0 Å². The Labute approximate surface area is 214 Å². The molecule has 0 aliphatic carbocycles. The van der Waals surface area contributed by atoms with Gasteiger partial charge in [0.1, 0.15) is 5.69 Å². The van der Waals surface area contributed by atoms with Crippen molar-refractivity contribution in [3.63, 3.8) is 0 Å². The molecule has 6 rings (SSSR count). The van der Waals surface area contributed by atoms with Crippen LogP contribution in [0.2, 0.25) is 0 Å². The van der Waals surface area contributed by atoms with Crippen LogP contribution in [0.4, 0.5) is 11.6 Å². The number of nitrogens with one attached hydrogen (secondary N) is 2. The van der Waals surface area contributed by atoms with E-state index >= 15 is 0 Å². The van der Waals surface area contributed by atoms with Crippen LogP contribution in [0.15, 0.2) is 60.9 Å². The number of piperidine rings is 1. The third-order valence-corrected chi connectivity index (χ3v) is 7.95. The highest BCUT2D eigenvalue weighted by molar-refractivity contribution is 7.99. The number of thioether (sulfide) groups is 1. The molecule has 2 fully saturated rings. The molecule has 2 aliphatic rings. The van der Waals surface area contributed by atoms with Gasteiger partial charge in [0.25, 0.3) is 5.91 Å². The molecule has 0 atom stereocenters. The Bertz CT molecular complexity index is 1340. The van der Waals surface area contributed by atoms with E-state index in [0.29, 0.717) is 17.7 Å². The van der Waals surface area contributed by atoms with E-state index in [9.17, 15) is 4.79 Å². The number of amides is 1. The van der Waals surface area contributed by atoms with E-state index in [2.05, 4.69) is 30.2 Å². The number of H-pyrrole nitrogens is 1. The van der Waals surface area contributed by atoms with Gasteiger partial charge in [-0.25, -0.2) is 9.97 Å². The van der Waals surface area contributed by atoms with Gasteiger partial charge >= 0.3 is 0 Å². The first-order chi connectivity index (χ1) is 17.7. The molecule has 2 aliphatic heterocycles. The van der Waals surface area contributed by atoms with Crippen LogP contribution < -0.4 is 5.32 Å². The number of hydrogen-bond donors (Lipinski definition) is 2. The number of pyridine rings is 1. The Balaban J connectivity index is 1.13. The van der Waals surface area contributed by atoms with E-state index in [1.165, 1.54) is 24.6 Å². The van der Waals surface area contributed by atoms with Crippen molar-refractivity contribution in [2.45, 2.75) is 18.9 Å². The number of nitrogens with zero attached hydrogens (tertiary/aromatic N) is 5. The summed E-state index contributed by atoms with van der Waals surface area (Å²) < 4.78 is 0. The normalized spacial score (nSPS) is 17.4. The largest absolute Gasteiger partial charge is 0.351 e. The van der Waals surface area contributed by atoms with E-state index in [4.69, 9.17) is 0 Å². The van der Waals surface area contributed by atoms with Gasteiger partial charge in [0.2, 0.25) is 5.95 Å². The second-order valence-electron chi connectivity index (χ2n) is 9.26. The number of aromatic nitrogens is 4. The molecule has 4 aromatic rings. The van der Waals surface area contributed by atoms with Crippen molar-refractivity contribution < 1.29 is 4.79 Å². The van der Waals surface area contributed by atoms with Gasteiger partial charge in [0.05, 0.1) is 11.4 Å². The maximum absolute atomic E-state index is 13.2. The topological polar surface area (TPSA) is 90.0 Å². The zero-order valence-electron chi connectivity index (χ0n) is 20.1. The third kappa shape index (κ3) is 4.94. The molecule has 0 saturated carbocycles. The second kappa shape index (κ2) is 10.3. The quantitative estimate of drug-likeness (QED) is 0.420. The SMILES string of the molecule is O=C(c1cc2cc(Nc3nccc(-c4ccccn4)n3)ccc2[nH]1)N1CCC(N2CCSCC2)CC1. The summed E-state index contributed by atoms with van der Waals surface area (Å²) in [6.07, 6.45) is 5.59. The van der Waals surface area contributed by atoms with E-state index in [-0.39, 0.29) is 5.91 Å². The van der Waals surface area contributed by atoms with Crippen LogP contribution in [0.5, 0.6) is 0 Å². The van der Waals surface area contributed by atoms with Crippen molar-refractivity contribution in [1.29, 1.82) is 0 Å². The van der Waals surface area contributed by atoms with Crippen molar-refractivity contribution >= 4 is 40.2 Å². The average molecular weight is 500 g/mol. The molecule has 8 nitrogen and oxygen atoms in total. The summed E-state index contributed by atoms with van der Waals surface area (Å²) in [5.41, 5.74) is 3.99. The lowest BCUT2D eigenvalue weighted by molar-refractivity contribution is 0.0626. The number of aromatic amines is 1. The molecule has 36 heavy (non-hydrogen) atoms. The molecule has 0 bridgehead atoms.